The molecule has 1 aliphatic rings. The zero-order valence-corrected chi connectivity index (χ0v) is 19.5. The van der Waals surface area contributed by atoms with E-state index in [0.717, 1.165) is 34.5 Å². The Balaban J connectivity index is 1.61. The van der Waals surface area contributed by atoms with Gasteiger partial charge in [0.2, 0.25) is 0 Å². The first-order valence-electron chi connectivity index (χ1n) is 11.2. The summed E-state index contributed by atoms with van der Waals surface area (Å²) in [5.74, 6) is 0.844. The van der Waals surface area contributed by atoms with E-state index in [0.29, 0.717) is 26.1 Å². The van der Waals surface area contributed by atoms with Crippen LogP contribution in [0.3, 0.4) is 0 Å². The summed E-state index contributed by atoms with van der Waals surface area (Å²) < 4.78 is 11.8. The highest BCUT2D eigenvalue weighted by Crippen LogP contribution is 2.29. The lowest BCUT2D eigenvalue weighted by molar-refractivity contribution is -0.169. The van der Waals surface area contributed by atoms with Gasteiger partial charge in [-0.1, -0.05) is 48.5 Å². The molecule has 33 heavy (non-hydrogen) atoms. The predicted molar refractivity (Wildman–Crippen MR) is 129 cm³/mol. The van der Waals surface area contributed by atoms with Gasteiger partial charge in [0.15, 0.2) is 5.60 Å². The second kappa shape index (κ2) is 10.1. The highest BCUT2D eigenvalue weighted by molar-refractivity contribution is 5.86. The summed E-state index contributed by atoms with van der Waals surface area (Å²) >= 11 is 0. The number of nitrogens with zero attached hydrogens (tertiary/aromatic N) is 3. The fraction of sp³-hybridized carbons (Fsp3) is 0.333. The Morgan fingerprint density at radius 3 is 2.70 bits per heavy atom. The number of hydrogen-bond donors (Lipinski definition) is 0. The quantitative estimate of drug-likeness (QED) is 0.556. The van der Waals surface area contributed by atoms with Crippen LogP contribution < -0.4 is 4.74 Å². The molecule has 6 heteroatoms. The van der Waals surface area contributed by atoms with Crippen molar-refractivity contribution in [3.63, 3.8) is 0 Å². The van der Waals surface area contributed by atoms with Crippen LogP contribution in [0.4, 0.5) is 0 Å². The van der Waals surface area contributed by atoms with Crippen LogP contribution in [0, 0.1) is 0 Å². The SMILES string of the molecule is COc1ccccc1CN1CCOC(Cc2cccc(-c3cccnc3)c2)(C(=O)N(C)C)C1. The van der Waals surface area contributed by atoms with Gasteiger partial charge in [0, 0.05) is 58.1 Å². The van der Waals surface area contributed by atoms with E-state index in [9.17, 15) is 4.79 Å². The largest absolute Gasteiger partial charge is 0.496 e. The van der Waals surface area contributed by atoms with Crippen LogP contribution in [0.25, 0.3) is 11.1 Å². The molecule has 1 aromatic heterocycles. The number of hydrogen-bond acceptors (Lipinski definition) is 5. The van der Waals surface area contributed by atoms with Crippen molar-refractivity contribution >= 4 is 5.91 Å². The number of methoxy groups -OCH3 is 1. The van der Waals surface area contributed by atoms with Crippen molar-refractivity contribution in [3.8, 4) is 16.9 Å². The summed E-state index contributed by atoms with van der Waals surface area (Å²) in [6, 6.07) is 20.3. The molecular formula is C27H31N3O3. The summed E-state index contributed by atoms with van der Waals surface area (Å²) in [5.41, 5.74) is 3.35. The Hall–Kier alpha value is -3.22. The number of carbonyl (C=O) groups is 1. The molecule has 1 atom stereocenters. The minimum absolute atomic E-state index is 0.0148. The van der Waals surface area contributed by atoms with Gasteiger partial charge in [0.05, 0.1) is 13.7 Å². The number of amides is 1. The molecule has 0 spiro atoms. The molecule has 0 N–H and O–H groups in total. The number of benzene rings is 2. The van der Waals surface area contributed by atoms with Crippen LogP contribution >= 0.6 is 0 Å². The Kier molecular flexibility index (Phi) is 7.06. The first-order valence-corrected chi connectivity index (χ1v) is 11.2. The van der Waals surface area contributed by atoms with E-state index in [1.165, 1.54) is 0 Å². The summed E-state index contributed by atoms with van der Waals surface area (Å²) in [6.07, 6.45) is 4.12. The molecule has 0 radical (unpaired) electrons. The molecule has 1 saturated heterocycles. The lowest BCUT2D eigenvalue weighted by Crippen LogP contribution is -2.60. The number of rotatable bonds is 7. The molecule has 1 aliphatic heterocycles. The van der Waals surface area contributed by atoms with Gasteiger partial charge in [-0.05, 0) is 28.8 Å². The lowest BCUT2D eigenvalue weighted by atomic mass is 9.89. The van der Waals surface area contributed by atoms with Crippen LogP contribution in [0.15, 0.2) is 73.1 Å². The van der Waals surface area contributed by atoms with Crippen LogP contribution in [0.1, 0.15) is 11.1 Å². The number of likely N-dealkylation sites (N-methyl/N-ethyl adjacent to an activating group) is 1. The van der Waals surface area contributed by atoms with Gasteiger partial charge in [-0.2, -0.15) is 0 Å². The van der Waals surface area contributed by atoms with E-state index in [-0.39, 0.29) is 5.91 Å². The highest BCUT2D eigenvalue weighted by Gasteiger charge is 2.44. The van der Waals surface area contributed by atoms with E-state index in [4.69, 9.17) is 9.47 Å². The summed E-state index contributed by atoms with van der Waals surface area (Å²) in [5, 5.41) is 0. The Bertz CT molecular complexity index is 1090. The van der Waals surface area contributed by atoms with Gasteiger partial charge >= 0.3 is 0 Å². The van der Waals surface area contributed by atoms with Gasteiger partial charge in [0.25, 0.3) is 5.91 Å². The summed E-state index contributed by atoms with van der Waals surface area (Å²) in [7, 11) is 5.27. The molecular weight excluding hydrogens is 414 g/mol. The van der Waals surface area contributed by atoms with Crippen molar-refractivity contribution in [1.29, 1.82) is 0 Å². The van der Waals surface area contributed by atoms with Crippen LogP contribution in [0.5, 0.6) is 5.75 Å². The molecule has 3 aromatic rings. The third kappa shape index (κ3) is 5.24. The monoisotopic (exact) mass is 445 g/mol. The number of para-hydroxylation sites is 1. The topological polar surface area (TPSA) is 54.9 Å². The maximum absolute atomic E-state index is 13.4. The molecule has 172 valence electrons. The third-order valence-electron chi connectivity index (χ3n) is 6.06. The summed E-state index contributed by atoms with van der Waals surface area (Å²) in [6.45, 7) is 2.47. The fourth-order valence-electron chi connectivity index (χ4n) is 4.51. The molecule has 2 aromatic carbocycles. The van der Waals surface area contributed by atoms with Crippen LogP contribution in [-0.2, 0) is 22.5 Å². The first kappa shape index (κ1) is 23.0. The van der Waals surface area contributed by atoms with Gasteiger partial charge < -0.3 is 14.4 Å². The molecule has 1 fully saturated rings. The Morgan fingerprint density at radius 1 is 1.12 bits per heavy atom. The van der Waals surface area contributed by atoms with Gasteiger partial charge in [-0.15, -0.1) is 0 Å². The number of morpholine rings is 1. The molecule has 0 aliphatic carbocycles. The number of carbonyl (C=O) groups excluding carboxylic acids is 1. The van der Waals surface area contributed by atoms with Crippen molar-refractivity contribution in [1.82, 2.24) is 14.8 Å². The number of aromatic nitrogens is 1. The smallest absolute Gasteiger partial charge is 0.255 e. The minimum Gasteiger partial charge on any atom is -0.496 e. The second-order valence-corrected chi connectivity index (χ2v) is 8.68. The molecule has 0 bridgehead atoms. The van der Waals surface area contributed by atoms with Crippen LogP contribution in [0.2, 0.25) is 0 Å². The van der Waals surface area contributed by atoms with E-state index in [1.807, 2.05) is 42.6 Å². The Morgan fingerprint density at radius 2 is 1.94 bits per heavy atom. The minimum atomic E-state index is -0.947. The van der Waals surface area contributed by atoms with Gasteiger partial charge in [-0.3, -0.25) is 14.7 Å². The van der Waals surface area contributed by atoms with Gasteiger partial charge in [0.1, 0.15) is 5.75 Å². The standard InChI is InChI=1S/C27H31N3O3/c1-29(2)26(31)27(17-21-8-6-10-22(16-21)23-11-7-13-28-18-23)20-30(14-15-33-27)19-24-9-4-5-12-25(24)32-3/h4-13,16,18H,14-15,17,19-20H2,1-3H3. The molecule has 1 unspecified atom stereocenters. The molecule has 6 nitrogen and oxygen atoms in total. The first-order chi connectivity index (χ1) is 16.0. The van der Waals surface area contributed by atoms with Crippen molar-refractivity contribution < 1.29 is 14.3 Å². The molecule has 1 amide bonds. The maximum atomic E-state index is 13.4. The zero-order chi connectivity index (χ0) is 23.3. The predicted octanol–water partition coefficient (Wildman–Crippen LogP) is 3.66. The fourth-order valence-corrected chi connectivity index (χ4v) is 4.51. The van der Waals surface area contributed by atoms with E-state index in [1.54, 1.807) is 32.3 Å². The van der Waals surface area contributed by atoms with E-state index in [2.05, 4.69) is 34.1 Å². The third-order valence-corrected chi connectivity index (χ3v) is 6.06. The van der Waals surface area contributed by atoms with E-state index < -0.39 is 5.60 Å². The van der Waals surface area contributed by atoms with Gasteiger partial charge in [-0.25, -0.2) is 0 Å². The van der Waals surface area contributed by atoms with Crippen molar-refractivity contribution in [2.24, 2.45) is 0 Å². The van der Waals surface area contributed by atoms with Crippen molar-refractivity contribution in [3.05, 3.63) is 84.2 Å². The summed E-state index contributed by atoms with van der Waals surface area (Å²) in [4.78, 5) is 21.6. The van der Waals surface area contributed by atoms with Crippen molar-refractivity contribution in [2.45, 2.75) is 18.6 Å². The number of ether oxygens (including phenoxy) is 2. The highest BCUT2D eigenvalue weighted by atomic mass is 16.5. The maximum Gasteiger partial charge on any atom is 0.255 e. The lowest BCUT2D eigenvalue weighted by Gasteiger charge is -2.43. The van der Waals surface area contributed by atoms with Crippen LogP contribution in [-0.4, -0.2) is 67.2 Å². The molecule has 4 rings (SSSR count). The van der Waals surface area contributed by atoms with E-state index >= 15 is 0 Å². The molecule has 2 heterocycles. The zero-order valence-electron chi connectivity index (χ0n) is 19.5. The van der Waals surface area contributed by atoms with Crippen molar-refractivity contribution in [2.75, 3.05) is 40.9 Å². The normalized spacial score (nSPS) is 18.6. The second-order valence-electron chi connectivity index (χ2n) is 8.68. The number of pyridine rings is 1. The average Bonchev–Trinajstić information content (AvgIpc) is 2.85. The Labute approximate surface area is 195 Å². The molecule has 0 saturated carbocycles. The average molecular weight is 446 g/mol.